The fourth-order valence-electron chi connectivity index (χ4n) is 2.59. The number of nitrogens with zero attached hydrogens (tertiary/aromatic N) is 2. The van der Waals surface area contributed by atoms with Crippen LogP contribution in [-0.2, 0) is 4.79 Å². The summed E-state index contributed by atoms with van der Waals surface area (Å²) in [4.78, 5) is 51.7. The Kier molecular flexibility index (Phi) is 4.40. The standard InChI is InChI=1S/C16H18N2O4/c1-4-17(5-2)14(20)10-8-7-9-11-12(10)13(19)16(22)18(6-3)15(11)21/h7-9H,4-6H2,1-3H3. The molecule has 0 unspecified atom stereocenters. The highest BCUT2D eigenvalue weighted by atomic mass is 16.2. The van der Waals surface area contributed by atoms with E-state index in [1.54, 1.807) is 17.9 Å². The number of hydrogen-bond acceptors (Lipinski definition) is 4. The molecule has 1 aliphatic rings. The largest absolute Gasteiger partial charge is 0.339 e. The van der Waals surface area contributed by atoms with Crippen molar-refractivity contribution in [2.75, 3.05) is 19.6 Å². The zero-order valence-corrected chi connectivity index (χ0v) is 12.9. The van der Waals surface area contributed by atoms with Crippen LogP contribution in [0.3, 0.4) is 0 Å². The molecular weight excluding hydrogens is 284 g/mol. The molecule has 0 fully saturated rings. The van der Waals surface area contributed by atoms with Crippen LogP contribution in [0, 0.1) is 0 Å². The minimum absolute atomic E-state index is 0.0703. The van der Waals surface area contributed by atoms with Gasteiger partial charge in [0.2, 0.25) is 0 Å². The molecule has 3 amide bonds. The van der Waals surface area contributed by atoms with Crippen molar-refractivity contribution in [1.82, 2.24) is 9.80 Å². The number of rotatable bonds is 4. The van der Waals surface area contributed by atoms with Crippen molar-refractivity contribution in [2.24, 2.45) is 0 Å². The molecule has 6 nitrogen and oxygen atoms in total. The van der Waals surface area contributed by atoms with E-state index in [0.717, 1.165) is 4.90 Å². The van der Waals surface area contributed by atoms with Crippen LogP contribution < -0.4 is 0 Å². The van der Waals surface area contributed by atoms with Gasteiger partial charge >= 0.3 is 5.91 Å². The van der Waals surface area contributed by atoms with Crippen LogP contribution in [0.25, 0.3) is 0 Å². The molecule has 0 N–H and O–H groups in total. The quantitative estimate of drug-likeness (QED) is 0.621. The fraction of sp³-hybridized carbons (Fsp3) is 0.375. The summed E-state index contributed by atoms with van der Waals surface area (Å²) in [6.07, 6.45) is 0. The molecule has 0 aliphatic carbocycles. The summed E-state index contributed by atoms with van der Waals surface area (Å²) in [6, 6.07) is 4.52. The summed E-state index contributed by atoms with van der Waals surface area (Å²) in [7, 11) is 0. The van der Waals surface area contributed by atoms with E-state index < -0.39 is 17.6 Å². The van der Waals surface area contributed by atoms with Crippen molar-refractivity contribution >= 4 is 23.5 Å². The monoisotopic (exact) mass is 302 g/mol. The molecule has 2 rings (SSSR count). The molecule has 1 aliphatic heterocycles. The molecule has 0 aromatic heterocycles. The summed E-state index contributed by atoms with van der Waals surface area (Å²) in [5, 5.41) is 0. The van der Waals surface area contributed by atoms with Crippen molar-refractivity contribution in [3.63, 3.8) is 0 Å². The molecule has 116 valence electrons. The van der Waals surface area contributed by atoms with Crippen molar-refractivity contribution in [3.05, 3.63) is 34.9 Å². The Morgan fingerprint density at radius 1 is 1.05 bits per heavy atom. The summed E-state index contributed by atoms with van der Waals surface area (Å²) in [6.45, 7) is 6.36. The van der Waals surface area contributed by atoms with Gasteiger partial charge in [-0.3, -0.25) is 24.1 Å². The Morgan fingerprint density at radius 3 is 2.23 bits per heavy atom. The molecule has 0 spiro atoms. The summed E-state index contributed by atoms with van der Waals surface area (Å²) < 4.78 is 0. The van der Waals surface area contributed by atoms with Gasteiger partial charge < -0.3 is 4.90 Å². The SMILES string of the molecule is CCN(CC)C(=O)c1cccc2c1C(=O)C(=O)N(CC)C2=O. The normalized spacial score (nSPS) is 14.1. The average molecular weight is 302 g/mol. The number of benzene rings is 1. The van der Waals surface area contributed by atoms with Crippen LogP contribution in [0.5, 0.6) is 0 Å². The Balaban J connectivity index is 2.62. The van der Waals surface area contributed by atoms with Crippen molar-refractivity contribution < 1.29 is 19.2 Å². The first-order valence-electron chi connectivity index (χ1n) is 7.30. The van der Waals surface area contributed by atoms with E-state index >= 15 is 0 Å². The molecule has 1 heterocycles. The second-order valence-electron chi connectivity index (χ2n) is 4.89. The number of Topliss-reactive ketones (excluding diaryl/α,β-unsaturated/α-hetero) is 1. The van der Waals surface area contributed by atoms with Gasteiger partial charge in [-0.25, -0.2) is 0 Å². The third-order valence-corrected chi connectivity index (χ3v) is 3.80. The minimum atomic E-state index is -0.875. The van der Waals surface area contributed by atoms with E-state index in [1.807, 2.05) is 13.8 Å². The van der Waals surface area contributed by atoms with Gasteiger partial charge in [0.05, 0.1) is 16.7 Å². The lowest BCUT2D eigenvalue weighted by Gasteiger charge is -2.27. The molecule has 0 saturated carbocycles. The number of fused-ring (bicyclic) bond motifs is 1. The third-order valence-electron chi connectivity index (χ3n) is 3.80. The van der Waals surface area contributed by atoms with Crippen molar-refractivity contribution in [2.45, 2.75) is 20.8 Å². The van der Waals surface area contributed by atoms with Crippen LogP contribution in [0.4, 0.5) is 0 Å². The predicted octanol–water partition coefficient (Wildman–Crippen LogP) is 1.35. The lowest BCUT2D eigenvalue weighted by molar-refractivity contribution is -0.124. The highest BCUT2D eigenvalue weighted by Crippen LogP contribution is 2.24. The summed E-state index contributed by atoms with van der Waals surface area (Å²) in [5.41, 5.74) is 0.159. The van der Waals surface area contributed by atoms with Gasteiger partial charge in [-0.05, 0) is 32.9 Å². The van der Waals surface area contributed by atoms with E-state index in [-0.39, 0.29) is 29.1 Å². The molecule has 22 heavy (non-hydrogen) atoms. The van der Waals surface area contributed by atoms with Gasteiger partial charge in [0.1, 0.15) is 0 Å². The van der Waals surface area contributed by atoms with Crippen LogP contribution in [0.2, 0.25) is 0 Å². The van der Waals surface area contributed by atoms with Gasteiger partial charge in [0, 0.05) is 19.6 Å². The maximum atomic E-state index is 12.5. The molecule has 0 bridgehead atoms. The predicted molar refractivity (Wildman–Crippen MR) is 79.7 cm³/mol. The highest BCUT2D eigenvalue weighted by Gasteiger charge is 2.39. The first kappa shape index (κ1) is 15.9. The Morgan fingerprint density at radius 2 is 1.68 bits per heavy atom. The molecule has 1 aromatic rings. The number of ketones is 1. The zero-order valence-electron chi connectivity index (χ0n) is 12.9. The van der Waals surface area contributed by atoms with Crippen molar-refractivity contribution in [1.29, 1.82) is 0 Å². The molecule has 6 heteroatoms. The Labute approximate surface area is 128 Å². The number of carbonyl (C=O) groups is 4. The van der Waals surface area contributed by atoms with E-state index in [1.165, 1.54) is 12.1 Å². The number of imide groups is 1. The summed E-state index contributed by atoms with van der Waals surface area (Å²) in [5.74, 6) is -2.55. The van der Waals surface area contributed by atoms with E-state index in [4.69, 9.17) is 0 Å². The minimum Gasteiger partial charge on any atom is -0.339 e. The average Bonchev–Trinajstić information content (AvgIpc) is 2.53. The van der Waals surface area contributed by atoms with Crippen LogP contribution in [0.1, 0.15) is 51.8 Å². The Bertz CT molecular complexity index is 662. The molecule has 0 saturated heterocycles. The maximum Gasteiger partial charge on any atom is 0.301 e. The van der Waals surface area contributed by atoms with E-state index in [0.29, 0.717) is 13.1 Å². The number of amides is 3. The Hall–Kier alpha value is -2.50. The molecular formula is C16H18N2O4. The molecule has 1 aromatic carbocycles. The van der Waals surface area contributed by atoms with Crippen molar-refractivity contribution in [3.8, 4) is 0 Å². The number of likely N-dealkylation sites (N-methyl/N-ethyl adjacent to an activating group) is 1. The maximum absolute atomic E-state index is 12.5. The second kappa shape index (κ2) is 6.09. The topological polar surface area (TPSA) is 74.8 Å². The van der Waals surface area contributed by atoms with Gasteiger partial charge in [-0.1, -0.05) is 6.07 Å². The molecule has 0 radical (unpaired) electrons. The van der Waals surface area contributed by atoms with Gasteiger partial charge in [-0.2, -0.15) is 0 Å². The second-order valence-corrected chi connectivity index (χ2v) is 4.89. The van der Waals surface area contributed by atoms with Gasteiger partial charge in [0.15, 0.2) is 0 Å². The van der Waals surface area contributed by atoms with Crippen LogP contribution in [-0.4, -0.2) is 52.9 Å². The van der Waals surface area contributed by atoms with Gasteiger partial charge in [0.25, 0.3) is 17.6 Å². The smallest absolute Gasteiger partial charge is 0.301 e. The zero-order chi connectivity index (χ0) is 16.4. The number of carbonyl (C=O) groups excluding carboxylic acids is 4. The summed E-state index contributed by atoms with van der Waals surface area (Å²) >= 11 is 0. The third kappa shape index (κ3) is 2.30. The number of hydrogen-bond donors (Lipinski definition) is 0. The van der Waals surface area contributed by atoms with Crippen LogP contribution in [0.15, 0.2) is 18.2 Å². The molecule has 0 atom stereocenters. The highest BCUT2D eigenvalue weighted by molar-refractivity contribution is 6.50. The fourth-order valence-corrected chi connectivity index (χ4v) is 2.59. The van der Waals surface area contributed by atoms with Crippen LogP contribution >= 0.6 is 0 Å². The first-order chi connectivity index (χ1) is 10.5. The van der Waals surface area contributed by atoms with E-state index in [9.17, 15) is 19.2 Å². The lowest BCUT2D eigenvalue weighted by atomic mass is 9.91. The van der Waals surface area contributed by atoms with Gasteiger partial charge in [-0.15, -0.1) is 0 Å². The first-order valence-corrected chi connectivity index (χ1v) is 7.30. The lowest BCUT2D eigenvalue weighted by Crippen LogP contribution is -2.47. The van der Waals surface area contributed by atoms with E-state index in [2.05, 4.69) is 0 Å².